The van der Waals surface area contributed by atoms with Gasteiger partial charge in [-0.1, -0.05) is 37.6 Å². The van der Waals surface area contributed by atoms with Gasteiger partial charge in [-0.3, -0.25) is 4.79 Å². The average molecular weight is 290 g/mol. The molecule has 1 saturated heterocycles. The molecule has 0 bridgehead atoms. The van der Waals surface area contributed by atoms with Gasteiger partial charge in [0, 0.05) is 5.56 Å². The Morgan fingerprint density at radius 2 is 1.81 bits per heavy atom. The maximum atomic E-state index is 12.2. The van der Waals surface area contributed by atoms with Crippen molar-refractivity contribution in [3.8, 4) is 0 Å². The van der Waals surface area contributed by atoms with E-state index in [4.69, 9.17) is 9.47 Å². The Kier molecular flexibility index (Phi) is 5.95. The molecule has 116 valence electrons. The lowest BCUT2D eigenvalue weighted by atomic mass is 10.0. The summed E-state index contributed by atoms with van der Waals surface area (Å²) in [5, 5.41) is 0. The SMILES string of the molecule is CCCc1ccc(C(=O)COC2CC(C)OC(C)C2)cc1. The molecule has 0 saturated carbocycles. The topological polar surface area (TPSA) is 35.5 Å². The van der Waals surface area contributed by atoms with E-state index in [-0.39, 0.29) is 30.7 Å². The molecule has 3 heteroatoms. The van der Waals surface area contributed by atoms with Gasteiger partial charge in [0.1, 0.15) is 6.61 Å². The van der Waals surface area contributed by atoms with Crippen LogP contribution >= 0.6 is 0 Å². The average Bonchev–Trinajstić information content (AvgIpc) is 2.45. The third kappa shape index (κ3) is 4.94. The van der Waals surface area contributed by atoms with Gasteiger partial charge in [0.25, 0.3) is 0 Å². The van der Waals surface area contributed by atoms with Crippen molar-refractivity contribution < 1.29 is 14.3 Å². The molecule has 1 heterocycles. The van der Waals surface area contributed by atoms with Crippen molar-refractivity contribution in [2.24, 2.45) is 0 Å². The monoisotopic (exact) mass is 290 g/mol. The molecule has 3 nitrogen and oxygen atoms in total. The van der Waals surface area contributed by atoms with Crippen molar-refractivity contribution in [2.75, 3.05) is 6.61 Å². The van der Waals surface area contributed by atoms with Gasteiger partial charge in [-0.05, 0) is 38.7 Å². The van der Waals surface area contributed by atoms with Crippen molar-refractivity contribution >= 4 is 5.78 Å². The lowest BCUT2D eigenvalue weighted by Gasteiger charge is -2.31. The number of hydrogen-bond donors (Lipinski definition) is 0. The fourth-order valence-corrected chi connectivity index (χ4v) is 2.90. The molecule has 2 unspecified atom stereocenters. The van der Waals surface area contributed by atoms with Crippen LogP contribution in [0.15, 0.2) is 24.3 Å². The molecule has 2 rings (SSSR count). The molecule has 1 aliphatic rings. The molecule has 1 aliphatic heterocycles. The van der Waals surface area contributed by atoms with Crippen LogP contribution in [0.4, 0.5) is 0 Å². The van der Waals surface area contributed by atoms with Gasteiger partial charge in [-0.2, -0.15) is 0 Å². The van der Waals surface area contributed by atoms with Crippen LogP contribution in [0, 0.1) is 0 Å². The molecular formula is C18H26O3. The molecule has 21 heavy (non-hydrogen) atoms. The molecular weight excluding hydrogens is 264 g/mol. The second-order valence-corrected chi connectivity index (χ2v) is 6.03. The van der Waals surface area contributed by atoms with Crippen molar-refractivity contribution in [2.45, 2.75) is 64.8 Å². The summed E-state index contributed by atoms with van der Waals surface area (Å²) in [7, 11) is 0. The number of ether oxygens (including phenoxy) is 2. The van der Waals surface area contributed by atoms with Gasteiger partial charge in [0.15, 0.2) is 5.78 Å². The van der Waals surface area contributed by atoms with E-state index in [2.05, 4.69) is 20.8 Å². The second-order valence-electron chi connectivity index (χ2n) is 6.03. The third-order valence-electron chi connectivity index (χ3n) is 3.92. The predicted molar refractivity (Wildman–Crippen MR) is 83.8 cm³/mol. The molecule has 0 aromatic heterocycles. The second kappa shape index (κ2) is 7.71. The number of Topliss-reactive ketones (excluding diaryl/α,β-unsaturated/α-hetero) is 1. The van der Waals surface area contributed by atoms with Crippen LogP contribution in [-0.4, -0.2) is 30.7 Å². The van der Waals surface area contributed by atoms with Gasteiger partial charge in [-0.25, -0.2) is 0 Å². The van der Waals surface area contributed by atoms with E-state index in [1.54, 1.807) is 0 Å². The van der Waals surface area contributed by atoms with E-state index < -0.39 is 0 Å². The van der Waals surface area contributed by atoms with E-state index in [1.165, 1.54) is 5.56 Å². The minimum absolute atomic E-state index is 0.0600. The first-order chi connectivity index (χ1) is 10.1. The van der Waals surface area contributed by atoms with E-state index in [0.717, 1.165) is 31.2 Å². The molecule has 0 N–H and O–H groups in total. The Morgan fingerprint density at radius 3 is 2.38 bits per heavy atom. The normalized spacial score (nSPS) is 25.8. The van der Waals surface area contributed by atoms with Gasteiger partial charge < -0.3 is 9.47 Å². The Hall–Kier alpha value is -1.19. The highest BCUT2D eigenvalue weighted by molar-refractivity contribution is 5.97. The lowest BCUT2D eigenvalue weighted by molar-refractivity contribution is -0.0975. The Bertz CT molecular complexity index is 442. The van der Waals surface area contributed by atoms with Crippen LogP contribution in [0.5, 0.6) is 0 Å². The summed E-state index contributed by atoms with van der Waals surface area (Å²) in [6.07, 6.45) is 4.47. The van der Waals surface area contributed by atoms with Gasteiger partial charge in [0.2, 0.25) is 0 Å². The molecule has 0 amide bonds. The first-order valence-electron chi connectivity index (χ1n) is 7.97. The highest BCUT2D eigenvalue weighted by Crippen LogP contribution is 2.21. The van der Waals surface area contributed by atoms with E-state index >= 15 is 0 Å². The Morgan fingerprint density at radius 1 is 1.19 bits per heavy atom. The number of benzene rings is 1. The maximum Gasteiger partial charge on any atom is 0.188 e. The Labute approximate surface area is 127 Å². The zero-order chi connectivity index (χ0) is 15.2. The van der Waals surface area contributed by atoms with Crippen molar-refractivity contribution in [3.05, 3.63) is 35.4 Å². The first kappa shape index (κ1) is 16.2. The molecule has 0 spiro atoms. The van der Waals surface area contributed by atoms with Crippen LogP contribution < -0.4 is 0 Å². The number of carbonyl (C=O) groups excluding carboxylic acids is 1. The zero-order valence-corrected chi connectivity index (χ0v) is 13.3. The molecule has 0 aliphatic carbocycles. The minimum atomic E-state index is 0.0600. The summed E-state index contributed by atoms with van der Waals surface area (Å²) >= 11 is 0. The smallest absolute Gasteiger partial charge is 0.188 e. The maximum absolute atomic E-state index is 12.2. The first-order valence-corrected chi connectivity index (χ1v) is 7.97. The van der Waals surface area contributed by atoms with Crippen LogP contribution in [0.2, 0.25) is 0 Å². The molecule has 1 aromatic carbocycles. The molecule has 0 radical (unpaired) electrons. The standard InChI is InChI=1S/C18H26O3/c1-4-5-15-6-8-16(9-7-15)18(19)12-20-17-10-13(2)21-14(3)11-17/h6-9,13-14,17H,4-5,10-12H2,1-3H3. The summed E-state index contributed by atoms with van der Waals surface area (Å²) in [6.45, 7) is 6.43. The summed E-state index contributed by atoms with van der Waals surface area (Å²) in [6, 6.07) is 7.89. The van der Waals surface area contributed by atoms with Crippen LogP contribution in [0.1, 0.15) is 56.0 Å². The summed E-state index contributed by atoms with van der Waals surface area (Å²) < 4.78 is 11.5. The van der Waals surface area contributed by atoms with Gasteiger partial charge >= 0.3 is 0 Å². The highest BCUT2D eigenvalue weighted by Gasteiger charge is 2.25. The van der Waals surface area contributed by atoms with E-state index in [9.17, 15) is 4.79 Å². The van der Waals surface area contributed by atoms with E-state index in [1.807, 2.05) is 24.3 Å². The zero-order valence-electron chi connectivity index (χ0n) is 13.3. The molecule has 2 atom stereocenters. The number of carbonyl (C=O) groups is 1. The van der Waals surface area contributed by atoms with Crippen molar-refractivity contribution in [1.29, 1.82) is 0 Å². The molecule has 1 fully saturated rings. The predicted octanol–water partition coefficient (Wildman–Crippen LogP) is 3.79. The lowest BCUT2D eigenvalue weighted by Crippen LogP contribution is -2.35. The van der Waals surface area contributed by atoms with Gasteiger partial charge in [0.05, 0.1) is 18.3 Å². The van der Waals surface area contributed by atoms with E-state index in [0.29, 0.717) is 0 Å². The minimum Gasteiger partial charge on any atom is -0.375 e. The van der Waals surface area contributed by atoms with Crippen LogP contribution in [0.25, 0.3) is 0 Å². The highest BCUT2D eigenvalue weighted by atomic mass is 16.5. The van der Waals surface area contributed by atoms with Crippen LogP contribution in [-0.2, 0) is 15.9 Å². The van der Waals surface area contributed by atoms with Gasteiger partial charge in [-0.15, -0.1) is 0 Å². The number of ketones is 1. The quantitative estimate of drug-likeness (QED) is 0.748. The summed E-state index contributed by atoms with van der Waals surface area (Å²) in [4.78, 5) is 12.2. The molecule has 1 aromatic rings. The van der Waals surface area contributed by atoms with Crippen molar-refractivity contribution in [1.82, 2.24) is 0 Å². The number of rotatable bonds is 6. The number of aryl methyl sites for hydroxylation is 1. The van der Waals surface area contributed by atoms with Crippen molar-refractivity contribution in [3.63, 3.8) is 0 Å². The Balaban J connectivity index is 1.83. The summed E-state index contributed by atoms with van der Waals surface area (Å²) in [5.74, 6) is 0.0600. The summed E-state index contributed by atoms with van der Waals surface area (Å²) in [5.41, 5.74) is 2.02. The fraction of sp³-hybridized carbons (Fsp3) is 0.611. The van der Waals surface area contributed by atoms with Crippen LogP contribution in [0.3, 0.4) is 0 Å². The third-order valence-corrected chi connectivity index (χ3v) is 3.92. The fourth-order valence-electron chi connectivity index (χ4n) is 2.90. The largest absolute Gasteiger partial charge is 0.375 e. The number of hydrogen-bond acceptors (Lipinski definition) is 3.